The Labute approximate surface area is 118 Å². The van der Waals surface area contributed by atoms with E-state index in [-0.39, 0.29) is 24.7 Å². The van der Waals surface area contributed by atoms with Crippen molar-refractivity contribution in [3.05, 3.63) is 0 Å². The van der Waals surface area contributed by atoms with Crippen molar-refractivity contribution in [2.45, 2.75) is 44.2 Å². The lowest BCUT2D eigenvalue weighted by Crippen LogP contribution is -2.50. The van der Waals surface area contributed by atoms with Crippen LogP contribution in [-0.4, -0.2) is 53.8 Å². The third kappa shape index (κ3) is 3.42. The monoisotopic (exact) mass is 282 g/mol. The second-order valence-corrected chi connectivity index (χ2v) is 6.24. The van der Waals surface area contributed by atoms with Crippen molar-refractivity contribution in [2.24, 2.45) is 11.8 Å². The zero-order chi connectivity index (χ0) is 14.1. The molecule has 2 atom stereocenters. The number of ether oxygens (including phenoxy) is 1. The maximum atomic E-state index is 12.3. The van der Waals surface area contributed by atoms with E-state index in [1.165, 1.54) is 17.7 Å². The van der Waals surface area contributed by atoms with Gasteiger partial charge in [-0.05, 0) is 43.9 Å². The number of rotatable bonds is 6. The zero-order valence-corrected chi connectivity index (χ0v) is 11.6. The molecule has 3 aliphatic rings. The maximum Gasteiger partial charge on any atom is 0.323 e. The Morgan fingerprint density at radius 2 is 1.95 bits per heavy atom. The minimum absolute atomic E-state index is 0.0468. The van der Waals surface area contributed by atoms with Crippen LogP contribution >= 0.6 is 0 Å². The topological polar surface area (TPSA) is 78.9 Å². The average Bonchev–Trinajstić information content (AvgIpc) is 3.30. The molecule has 2 saturated carbocycles. The van der Waals surface area contributed by atoms with Crippen LogP contribution in [0.25, 0.3) is 0 Å². The summed E-state index contributed by atoms with van der Waals surface area (Å²) in [6.45, 7) is 1.03. The van der Waals surface area contributed by atoms with E-state index in [2.05, 4.69) is 5.32 Å². The molecular formula is C14H22N2O4. The Morgan fingerprint density at radius 3 is 2.55 bits per heavy atom. The molecule has 0 aromatic rings. The van der Waals surface area contributed by atoms with E-state index in [4.69, 9.17) is 9.84 Å². The summed E-state index contributed by atoms with van der Waals surface area (Å²) in [5, 5.41) is 11.9. The fraction of sp³-hybridized carbons (Fsp3) is 0.857. The Kier molecular flexibility index (Phi) is 3.83. The van der Waals surface area contributed by atoms with Gasteiger partial charge in [-0.2, -0.15) is 0 Å². The molecule has 6 nitrogen and oxygen atoms in total. The van der Waals surface area contributed by atoms with Crippen LogP contribution in [0.4, 0.5) is 4.79 Å². The van der Waals surface area contributed by atoms with Gasteiger partial charge in [0.05, 0.1) is 12.1 Å². The fourth-order valence-electron chi connectivity index (χ4n) is 2.90. The lowest BCUT2D eigenvalue weighted by atomic mass is 10.1. The third-order valence-electron chi connectivity index (χ3n) is 4.32. The van der Waals surface area contributed by atoms with Crippen molar-refractivity contribution in [1.29, 1.82) is 0 Å². The molecular weight excluding hydrogens is 260 g/mol. The summed E-state index contributed by atoms with van der Waals surface area (Å²) in [5.41, 5.74) is 0. The van der Waals surface area contributed by atoms with Gasteiger partial charge in [-0.1, -0.05) is 0 Å². The largest absolute Gasteiger partial charge is 0.480 e. The first-order chi connectivity index (χ1) is 9.63. The van der Waals surface area contributed by atoms with Crippen LogP contribution in [0, 0.1) is 11.8 Å². The number of carboxylic acid groups (broad SMARTS) is 1. The summed E-state index contributed by atoms with van der Waals surface area (Å²) in [6, 6.07) is -0.203. The average molecular weight is 282 g/mol. The minimum Gasteiger partial charge on any atom is -0.480 e. The highest BCUT2D eigenvalue weighted by atomic mass is 16.5. The molecule has 2 amide bonds. The van der Waals surface area contributed by atoms with E-state index in [0.29, 0.717) is 25.0 Å². The van der Waals surface area contributed by atoms with Crippen LogP contribution < -0.4 is 5.32 Å². The van der Waals surface area contributed by atoms with E-state index < -0.39 is 5.97 Å². The number of nitrogens with one attached hydrogen (secondary N) is 1. The molecule has 112 valence electrons. The van der Waals surface area contributed by atoms with Gasteiger partial charge in [0, 0.05) is 13.2 Å². The van der Waals surface area contributed by atoms with Gasteiger partial charge in [-0.3, -0.25) is 4.79 Å². The second-order valence-electron chi connectivity index (χ2n) is 6.24. The third-order valence-corrected chi connectivity index (χ3v) is 4.32. The van der Waals surface area contributed by atoms with Gasteiger partial charge in [0.15, 0.2) is 0 Å². The zero-order valence-electron chi connectivity index (χ0n) is 11.6. The molecule has 0 bridgehead atoms. The highest BCUT2D eigenvalue weighted by molar-refractivity contribution is 5.80. The number of nitrogens with zero attached hydrogens (tertiary/aromatic N) is 1. The molecule has 1 aliphatic heterocycles. The Morgan fingerprint density at radius 1 is 1.20 bits per heavy atom. The van der Waals surface area contributed by atoms with Gasteiger partial charge in [-0.25, -0.2) is 4.79 Å². The van der Waals surface area contributed by atoms with Crippen molar-refractivity contribution in [3.63, 3.8) is 0 Å². The number of carboxylic acids is 1. The number of hydrogen-bond donors (Lipinski definition) is 2. The standard InChI is InChI=1S/C14H22N2O4/c17-12(18)8-16(7-9-1-2-9)14(19)15-11-5-6-20-13(11)10-3-4-10/h9-11,13H,1-8H2,(H,15,19)(H,17,18). The first-order valence-corrected chi connectivity index (χ1v) is 7.52. The molecule has 0 spiro atoms. The number of hydrogen-bond acceptors (Lipinski definition) is 3. The predicted molar refractivity (Wildman–Crippen MR) is 71.3 cm³/mol. The van der Waals surface area contributed by atoms with Gasteiger partial charge in [-0.15, -0.1) is 0 Å². The van der Waals surface area contributed by atoms with E-state index >= 15 is 0 Å². The van der Waals surface area contributed by atoms with E-state index in [1.807, 2.05) is 0 Å². The van der Waals surface area contributed by atoms with Gasteiger partial charge in [0.25, 0.3) is 0 Å². The van der Waals surface area contributed by atoms with Gasteiger partial charge in [0.1, 0.15) is 6.54 Å². The molecule has 6 heteroatoms. The Hall–Kier alpha value is -1.30. The van der Waals surface area contributed by atoms with Gasteiger partial charge >= 0.3 is 12.0 Å². The molecule has 1 saturated heterocycles. The summed E-state index contributed by atoms with van der Waals surface area (Å²) < 4.78 is 5.70. The summed E-state index contributed by atoms with van der Waals surface area (Å²) in [7, 11) is 0. The van der Waals surface area contributed by atoms with E-state index in [9.17, 15) is 9.59 Å². The summed E-state index contributed by atoms with van der Waals surface area (Å²) in [4.78, 5) is 24.6. The van der Waals surface area contributed by atoms with Crippen molar-refractivity contribution in [3.8, 4) is 0 Å². The van der Waals surface area contributed by atoms with Crippen molar-refractivity contribution in [2.75, 3.05) is 19.7 Å². The van der Waals surface area contributed by atoms with Crippen LogP contribution in [-0.2, 0) is 9.53 Å². The number of urea groups is 1. The van der Waals surface area contributed by atoms with E-state index in [1.54, 1.807) is 0 Å². The molecule has 2 N–H and O–H groups in total. The molecule has 2 unspecified atom stereocenters. The molecule has 2 aliphatic carbocycles. The lowest BCUT2D eigenvalue weighted by molar-refractivity contribution is -0.137. The van der Waals surface area contributed by atoms with Crippen LogP contribution in [0.3, 0.4) is 0 Å². The van der Waals surface area contributed by atoms with Crippen molar-refractivity contribution < 1.29 is 19.4 Å². The summed E-state index contributed by atoms with van der Waals surface area (Å²) in [6.07, 6.45) is 5.51. The molecule has 0 radical (unpaired) electrons. The highest BCUT2D eigenvalue weighted by Crippen LogP contribution is 2.38. The van der Waals surface area contributed by atoms with Crippen molar-refractivity contribution >= 4 is 12.0 Å². The van der Waals surface area contributed by atoms with Gasteiger partial charge in [0.2, 0.25) is 0 Å². The molecule has 3 fully saturated rings. The summed E-state index contributed by atoms with van der Waals surface area (Å²) in [5.74, 6) is 0.112. The second kappa shape index (κ2) is 5.60. The smallest absolute Gasteiger partial charge is 0.323 e. The molecule has 1 heterocycles. The molecule has 20 heavy (non-hydrogen) atoms. The van der Waals surface area contributed by atoms with Crippen LogP contribution in [0.2, 0.25) is 0 Å². The molecule has 3 rings (SSSR count). The molecule has 0 aromatic heterocycles. The Balaban J connectivity index is 1.55. The quantitative estimate of drug-likeness (QED) is 0.763. The fourth-order valence-corrected chi connectivity index (χ4v) is 2.90. The van der Waals surface area contributed by atoms with Crippen LogP contribution in [0.15, 0.2) is 0 Å². The number of carbonyl (C=O) groups excluding carboxylic acids is 1. The first-order valence-electron chi connectivity index (χ1n) is 7.52. The van der Waals surface area contributed by atoms with E-state index in [0.717, 1.165) is 19.3 Å². The lowest BCUT2D eigenvalue weighted by Gasteiger charge is -2.25. The number of amides is 2. The highest BCUT2D eigenvalue weighted by Gasteiger charge is 2.41. The minimum atomic E-state index is -0.956. The normalized spacial score (nSPS) is 29.2. The SMILES string of the molecule is O=C(O)CN(CC1CC1)C(=O)NC1CCOC1C1CC1. The molecule has 0 aromatic carbocycles. The van der Waals surface area contributed by atoms with Gasteiger partial charge < -0.3 is 20.1 Å². The summed E-state index contributed by atoms with van der Waals surface area (Å²) >= 11 is 0. The van der Waals surface area contributed by atoms with Crippen LogP contribution in [0.5, 0.6) is 0 Å². The first kappa shape index (κ1) is 13.7. The number of aliphatic carboxylic acids is 1. The Bertz CT molecular complexity index is 393. The predicted octanol–water partition coefficient (Wildman–Crippen LogP) is 1.06. The van der Waals surface area contributed by atoms with Crippen molar-refractivity contribution in [1.82, 2.24) is 10.2 Å². The number of carbonyl (C=O) groups is 2. The van der Waals surface area contributed by atoms with Crippen LogP contribution in [0.1, 0.15) is 32.1 Å². The maximum absolute atomic E-state index is 12.3.